The van der Waals surface area contributed by atoms with Crippen LogP contribution in [0.25, 0.3) is 22.3 Å². The monoisotopic (exact) mass is 364 g/mol. The van der Waals surface area contributed by atoms with E-state index in [0.29, 0.717) is 11.3 Å². The molecule has 0 aliphatic heterocycles. The molecule has 0 saturated heterocycles. The van der Waals surface area contributed by atoms with Gasteiger partial charge in [0, 0.05) is 5.56 Å². The number of carbonyl (C=O) groups is 1. The van der Waals surface area contributed by atoms with Crippen molar-refractivity contribution in [2.45, 2.75) is 0 Å². The summed E-state index contributed by atoms with van der Waals surface area (Å²) in [4.78, 5) is 12.4. The van der Waals surface area contributed by atoms with E-state index >= 15 is 0 Å². The molecule has 0 heterocycles. The summed E-state index contributed by atoms with van der Waals surface area (Å²) in [7, 11) is 0. The van der Waals surface area contributed by atoms with E-state index in [1.54, 1.807) is 0 Å². The Labute approximate surface area is 165 Å². The molecule has 0 aliphatic carbocycles. The fourth-order valence-corrected chi connectivity index (χ4v) is 3.09. The third-order valence-electron chi connectivity index (χ3n) is 4.65. The summed E-state index contributed by atoms with van der Waals surface area (Å²) in [5.74, 6) is 0.653. The van der Waals surface area contributed by atoms with E-state index in [2.05, 4.69) is 24.3 Å². The van der Waals surface area contributed by atoms with Crippen LogP contribution in [0.3, 0.4) is 0 Å². The highest BCUT2D eigenvalue weighted by molar-refractivity contribution is 5.97. The highest BCUT2D eigenvalue weighted by Crippen LogP contribution is 2.23. The first-order valence-corrected chi connectivity index (χ1v) is 9.26. The van der Waals surface area contributed by atoms with Crippen LogP contribution in [0.5, 0.6) is 5.75 Å². The fraction of sp³-hybridized carbons (Fsp3) is 0.0385. The summed E-state index contributed by atoms with van der Waals surface area (Å²) >= 11 is 0. The molecular weight excluding hydrogens is 344 g/mol. The van der Waals surface area contributed by atoms with Gasteiger partial charge in [0.15, 0.2) is 12.4 Å². The number of ketones is 1. The molecule has 4 aromatic carbocycles. The van der Waals surface area contributed by atoms with E-state index in [0.717, 1.165) is 22.3 Å². The number of Topliss-reactive ketones (excluding diaryl/α,β-unsaturated/α-hetero) is 1. The van der Waals surface area contributed by atoms with Gasteiger partial charge in [-0.15, -0.1) is 0 Å². The molecule has 2 nitrogen and oxygen atoms in total. The Bertz CT molecular complexity index is 1040. The summed E-state index contributed by atoms with van der Waals surface area (Å²) in [6, 6.07) is 35.7. The van der Waals surface area contributed by atoms with E-state index < -0.39 is 0 Å². The van der Waals surface area contributed by atoms with E-state index in [4.69, 9.17) is 4.74 Å². The number of hydrogen-bond donors (Lipinski definition) is 0. The zero-order chi connectivity index (χ0) is 19.2. The zero-order valence-corrected chi connectivity index (χ0v) is 15.4. The van der Waals surface area contributed by atoms with Crippen molar-refractivity contribution in [1.82, 2.24) is 0 Å². The van der Waals surface area contributed by atoms with Crippen molar-refractivity contribution in [2.24, 2.45) is 0 Å². The van der Waals surface area contributed by atoms with E-state index in [1.807, 2.05) is 84.9 Å². The Morgan fingerprint density at radius 2 is 0.964 bits per heavy atom. The molecule has 0 radical (unpaired) electrons. The van der Waals surface area contributed by atoms with Crippen LogP contribution in [0, 0.1) is 0 Å². The summed E-state index contributed by atoms with van der Waals surface area (Å²) in [6.45, 7) is 0.0232. The van der Waals surface area contributed by atoms with Crippen molar-refractivity contribution in [3.63, 3.8) is 0 Å². The first kappa shape index (κ1) is 17.7. The summed E-state index contributed by atoms with van der Waals surface area (Å²) < 4.78 is 5.68. The predicted octanol–water partition coefficient (Wildman–Crippen LogP) is 6.28. The van der Waals surface area contributed by atoms with Crippen molar-refractivity contribution in [3.8, 4) is 28.0 Å². The number of hydrogen-bond acceptors (Lipinski definition) is 2. The third kappa shape index (κ3) is 4.18. The van der Waals surface area contributed by atoms with Gasteiger partial charge in [-0.2, -0.15) is 0 Å². The van der Waals surface area contributed by atoms with Crippen LogP contribution in [0.4, 0.5) is 0 Å². The maximum Gasteiger partial charge on any atom is 0.200 e. The molecule has 0 amide bonds. The lowest BCUT2D eigenvalue weighted by Crippen LogP contribution is -2.11. The molecule has 0 spiro atoms. The number of ether oxygens (including phenoxy) is 1. The van der Waals surface area contributed by atoms with E-state index in [9.17, 15) is 4.79 Å². The molecule has 0 aromatic heterocycles. The minimum absolute atomic E-state index is 0.0232. The van der Waals surface area contributed by atoms with Gasteiger partial charge < -0.3 is 4.74 Å². The Kier molecular flexibility index (Phi) is 5.30. The quantitative estimate of drug-likeness (QED) is 0.376. The fourth-order valence-electron chi connectivity index (χ4n) is 3.09. The SMILES string of the molecule is O=C(COc1ccc(-c2ccccc2)cc1)c1ccc(-c2ccccc2)cc1. The Morgan fingerprint density at radius 1 is 0.536 bits per heavy atom. The smallest absolute Gasteiger partial charge is 0.200 e. The maximum absolute atomic E-state index is 12.4. The van der Waals surface area contributed by atoms with Crippen molar-refractivity contribution < 1.29 is 9.53 Å². The maximum atomic E-state index is 12.4. The van der Waals surface area contributed by atoms with E-state index in [-0.39, 0.29) is 12.4 Å². The lowest BCUT2D eigenvalue weighted by molar-refractivity contribution is 0.0921. The molecule has 0 fully saturated rings. The lowest BCUT2D eigenvalue weighted by Gasteiger charge is -2.08. The van der Waals surface area contributed by atoms with Crippen LogP contribution in [-0.4, -0.2) is 12.4 Å². The average molecular weight is 364 g/mol. The molecule has 0 N–H and O–H groups in total. The second-order valence-electron chi connectivity index (χ2n) is 6.55. The van der Waals surface area contributed by atoms with Gasteiger partial charge in [0.2, 0.25) is 0 Å². The first-order valence-electron chi connectivity index (χ1n) is 9.26. The van der Waals surface area contributed by atoms with Gasteiger partial charge in [-0.3, -0.25) is 4.79 Å². The number of benzene rings is 4. The predicted molar refractivity (Wildman–Crippen MR) is 114 cm³/mol. The van der Waals surface area contributed by atoms with Crippen molar-refractivity contribution in [2.75, 3.05) is 6.61 Å². The lowest BCUT2D eigenvalue weighted by atomic mass is 10.0. The molecule has 0 aliphatic rings. The molecule has 0 atom stereocenters. The number of rotatable bonds is 6. The number of carbonyl (C=O) groups excluding carboxylic acids is 1. The molecule has 0 unspecified atom stereocenters. The Morgan fingerprint density at radius 3 is 1.46 bits per heavy atom. The van der Waals surface area contributed by atoms with Crippen LogP contribution in [0.1, 0.15) is 10.4 Å². The molecule has 4 aromatic rings. The van der Waals surface area contributed by atoms with Crippen molar-refractivity contribution in [3.05, 3.63) is 115 Å². The molecule has 2 heteroatoms. The van der Waals surface area contributed by atoms with Gasteiger partial charge in [-0.05, 0) is 34.4 Å². The van der Waals surface area contributed by atoms with Crippen molar-refractivity contribution >= 4 is 5.78 Å². The van der Waals surface area contributed by atoms with Crippen LogP contribution < -0.4 is 4.74 Å². The van der Waals surface area contributed by atoms with Crippen LogP contribution >= 0.6 is 0 Å². The normalized spacial score (nSPS) is 10.4. The molecule has 28 heavy (non-hydrogen) atoms. The van der Waals surface area contributed by atoms with Crippen LogP contribution in [0.15, 0.2) is 109 Å². The highest BCUT2D eigenvalue weighted by Gasteiger charge is 2.08. The topological polar surface area (TPSA) is 26.3 Å². The summed E-state index contributed by atoms with van der Waals surface area (Å²) in [5, 5.41) is 0. The van der Waals surface area contributed by atoms with Gasteiger partial charge in [-0.1, -0.05) is 97.1 Å². The van der Waals surface area contributed by atoms with Crippen LogP contribution in [-0.2, 0) is 0 Å². The Balaban J connectivity index is 1.38. The van der Waals surface area contributed by atoms with Gasteiger partial charge in [0.1, 0.15) is 5.75 Å². The third-order valence-corrected chi connectivity index (χ3v) is 4.65. The minimum Gasteiger partial charge on any atom is -0.485 e. The molecule has 0 saturated carbocycles. The van der Waals surface area contributed by atoms with Gasteiger partial charge in [-0.25, -0.2) is 0 Å². The first-order chi connectivity index (χ1) is 13.8. The summed E-state index contributed by atoms with van der Waals surface area (Å²) in [5.41, 5.74) is 5.16. The Hall–Kier alpha value is -3.65. The second kappa shape index (κ2) is 8.36. The van der Waals surface area contributed by atoms with Gasteiger partial charge in [0.25, 0.3) is 0 Å². The van der Waals surface area contributed by atoms with Crippen molar-refractivity contribution in [1.29, 1.82) is 0 Å². The van der Waals surface area contributed by atoms with Gasteiger partial charge >= 0.3 is 0 Å². The average Bonchev–Trinajstić information content (AvgIpc) is 2.79. The standard InChI is InChI=1S/C26H20O2/c27-26(24-13-11-22(12-14-24)20-7-3-1-4-8-20)19-28-25-17-15-23(16-18-25)21-9-5-2-6-10-21/h1-18H,19H2. The molecular formula is C26H20O2. The van der Waals surface area contributed by atoms with Crippen LogP contribution in [0.2, 0.25) is 0 Å². The minimum atomic E-state index is -0.0354. The molecule has 4 rings (SSSR count). The molecule has 0 bridgehead atoms. The zero-order valence-electron chi connectivity index (χ0n) is 15.4. The second-order valence-corrected chi connectivity index (χ2v) is 6.55. The summed E-state index contributed by atoms with van der Waals surface area (Å²) in [6.07, 6.45) is 0. The van der Waals surface area contributed by atoms with Gasteiger partial charge in [0.05, 0.1) is 0 Å². The van der Waals surface area contributed by atoms with E-state index in [1.165, 1.54) is 0 Å². The largest absolute Gasteiger partial charge is 0.485 e. The molecule has 136 valence electrons. The highest BCUT2D eigenvalue weighted by atomic mass is 16.5.